The fraction of sp³-hybridized carbons (Fsp3) is 0.556. The molecule has 0 unspecified atom stereocenters. The van der Waals surface area contributed by atoms with Crippen LogP contribution in [0, 0.1) is 0 Å². The number of amides is 2. The Balaban J connectivity index is 1.35. The van der Waals surface area contributed by atoms with Gasteiger partial charge in [-0.15, -0.1) is 0 Å². The Morgan fingerprint density at radius 1 is 0.775 bits per heavy atom. The molecule has 3 N–H and O–H groups in total. The lowest BCUT2D eigenvalue weighted by molar-refractivity contribution is -0.173. The van der Waals surface area contributed by atoms with E-state index in [1.807, 2.05) is 42.5 Å². The topological polar surface area (TPSA) is 125 Å². The smallest absolute Gasteiger partial charge is 0.447 e. The molecule has 1 atom stereocenters. The minimum absolute atomic E-state index is 0.0313. The number of rotatable bonds is 20. The number of benzene rings is 2. The van der Waals surface area contributed by atoms with Gasteiger partial charge in [0.05, 0.1) is 39.6 Å². The summed E-state index contributed by atoms with van der Waals surface area (Å²) in [7, 11) is 0. The second-order valence-electron chi connectivity index (χ2n) is 8.63. The molecular formula is C27H37F3N2O8. The zero-order chi connectivity index (χ0) is 29.1. The average Bonchev–Trinajstić information content (AvgIpc) is 2.93. The summed E-state index contributed by atoms with van der Waals surface area (Å²) in [5.41, 5.74) is 1.01. The predicted molar refractivity (Wildman–Crippen MR) is 140 cm³/mol. The molecule has 0 aromatic heterocycles. The standard InChI is InChI=1S/C27H37F3N2O8/c28-27(29,30)25(34)31-10-4-12-36-14-16-38-17-15-37-13-5-11-32-26(35)40-20-23(33)19-39-18-22-8-3-7-21-6-1-2-9-24(21)22/h1-3,6-9,23,33H,4-5,10-20H2,(H,31,34)(H,32,35)/t23-/m0/s1. The van der Waals surface area contributed by atoms with Crippen LogP contribution < -0.4 is 10.6 Å². The molecule has 0 aliphatic carbocycles. The maximum atomic E-state index is 12.0. The lowest BCUT2D eigenvalue weighted by Crippen LogP contribution is -2.37. The van der Waals surface area contributed by atoms with Crippen molar-refractivity contribution in [2.45, 2.75) is 31.7 Å². The van der Waals surface area contributed by atoms with Crippen molar-refractivity contribution in [1.82, 2.24) is 10.6 Å². The number of ether oxygens (including phenoxy) is 5. The van der Waals surface area contributed by atoms with Gasteiger partial charge in [0.25, 0.3) is 0 Å². The van der Waals surface area contributed by atoms with E-state index in [2.05, 4.69) is 5.32 Å². The second-order valence-corrected chi connectivity index (χ2v) is 8.63. The molecule has 0 bridgehead atoms. The Morgan fingerprint density at radius 2 is 1.38 bits per heavy atom. The first-order chi connectivity index (χ1) is 19.3. The summed E-state index contributed by atoms with van der Waals surface area (Å²) in [5, 5.41) is 16.5. The van der Waals surface area contributed by atoms with Crippen molar-refractivity contribution in [3.05, 3.63) is 48.0 Å². The minimum Gasteiger partial charge on any atom is -0.447 e. The van der Waals surface area contributed by atoms with Gasteiger partial charge < -0.3 is 39.4 Å². The molecule has 40 heavy (non-hydrogen) atoms. The Bertz CT molecular complexity index is 1000. The van der Waals surface area contributed by atoms with Crippen molar-refractivity contribution >= 4 is 22.8 Å². The van der Waals surface area contributed by atoms with E-state index in [0.717, 1.165) is 16.3 Å². The number of fused-ring (bicyclic) bond motifs is 1. The zero-order valence-corrected chi connectivity index (χ0v) is 22.3. The van der Waals surface area contributed by atoms with E-state index in [1.165, 1.54) is 0 Å². The van der Waals surface area contributed by atoms with Gasteiger partial charge in [0.2, 0.25) is 0 Å². The van der Waals surface area contributed by atoms with Crippen molar-refractivity contribution < 1.29 is 51.6 Å². The number of carbonyl (C=O) groups is 2. The number of nitrogens with one attached hydrogen (secondary N) is 2. The summed E-state index contributed by atoms with van der Waals surface area (Å²) in [4.78, 5) is 22.4. The summed E-state index contributed by atoms with van der Waals surface area (Å²) in [6, 6.07) is 13.9. The van der Waals surface area contributed by atoms with Crippen LogP contribution in [0.1, 0.15) is 18.4 Å². The molecule has 2 rings (SSSR count). The third-order valence-electron chi connectivity index (χ3n) is 5.34. The first kappa shape index (κ1) is 33.2. The number of hydrogen-bond acceptors (Lipinski definition) is 8. The number of alkyl halides is 3. The van der Waals surface area contributed by atoms with Crippen LogP contribution in [0.4, 0.5) is 18.0 Å². The van der Waals surface area contributed by atoms with Crippen molar-refractivity contribution in [3.63, 3.8) is 0 Å². The van der Waals surface area contributed by atoms with Gasteiger partial charge in [-0.2, -0.15) is 13.2 Å². The van der Waals surface area contributed by atoms with Gasteiger partial charge in [-0.1, -0.05) is 42.5 Å². The van der Waals surface area contributed by atoms with Crippen LogP contribution in [0.15, 0.2) is 42.5 Å². The largest absolute Gasteiger partial charge is 0.471 e. The van der Waals surface area contributed by atoms with Crippen LogP contribution in [-0.4, -0.2) is 95.3 Å². The van der Waals surface area contributed by atoms with Gasteiger partial charge in [-0.25, -0.2) is 4.79 Å². The van der Waals surface area contributed by atoms with E-state index in [1.54, 1.807) is 5.32 Å². The monoisotopic (exact) mass is 574 g/mol. The Kier molecular flexibility index (Phi) is 15.9. The highest BCUT2D eigenvalue weighted by Crippen LogP contribution is 2.19. The Morgan fingerprint density at radius 3 is 2.05 bits per heavy atom. The zero-order valence-electron chi connectivity index (χ0n) is 22.3. The maximum absolute atomic E-state index is 12.0. The SMILES string of the molecule is O=C(NCCCOCCOCCOCCCNC(=O)C(F)(F)F)OC[C@@H](O)COCc1cccc2ccccc12. The summed E-state index contributed by atoms with van der Waals surface area (Å²) >= 11 is 0. The number of alkyl carbamates (subject to hydrolysis) is 1. The predicted octanol–water partition coefficient (Wildman–Crippen LogP) is 2.95. The third kappa shape index (κ3) is 14.4. The van der Waals surface area contributed by atoms with Crippen molar-refractivity contribution in [3.8, 4) is 0 Å². The van der Waals surface area contributed by atoms with E-state index in [9.17, 15) is 27.9 Å². The van der Waals surface area contributed by atoms with Crippen LogP contribution in [0.2, 0.25) is 0 Å². The molecule has 0 heterocycles. The summed E-state index contributed by atoms with van der Waals surface area (Å²) in [6.07, 6.45) is -5.65. The fourth-order valence-electron chi connectivity index (χ4n) is 3.38. The van der Waals surface area contributed by atoms with Gasteiger partial charge in [-0.05, 0) is 29.2 Å². The molecule has 13 heteroatoms. The highest BCUT2D eigenvalue weighted by molar-refractivity contribution is 5.85. The van der Waals surface area contributed by atoms with Gasteiger partial charge in [-0.3, -0.25) is 4.79 Å². The van der Waals surface area contributed by atoms with E-state index < -0.39 is 24.3 Å². The summed E-state index contributed by atoms with van der Waals surface area (Å²) < 4.78 is 62.5. The summed E-state index contributed by atoms with van der Waals surface area (Å²) in [5.74, 6) is -1.96. The van der Waals surface area contributed by atoms with Crippen LogP contribution >= 0.6 is 0 Å². The van der Waals surface area contributed by atoms with Gasteiger partial charge in [0, 0.05) is 26.3 Å². The first-order valence-corrected chi connectivity index (χ1v) is 13.0. The van der Waals surface area contributed by atoms with Crippen molar-refractivity contribution in [2.75, 3.05) is 65.9 Å². The van der Waals surface area contributed by atoms with Crippen molar-refractivity contribution in [2.24, 2.45) is 0 Å². The third-order valence-corrected chi connectivity index (χ3v) is 5.34. The van der Waals surface area contributed by atoms with Crippen LogP contribution in [0.5, 0.6) is 0 Å². The molecular weight excluding hydrogens is 537 g/mol. The highest BCUT2D eigenvalue weighted by atomic mass is 19.4. The Hall–Kier alpha value is -2.97. The molecule has 0 aliphatic rings. The van der Waals surface area contributed by atoms with E-state index in [0.29, 0.717) is 46.0 Å². The molecule has 2 aromatic carbocycles. The second kappa shape index (κ2) is 19.2. The first-order valence-electron chi connectivity index (χ1n) is 13.0. The number of halogens is 3. The Labute approximate surface area is 231 Å². The van der Waals surface area contributed by atoms with Crippen LogP contribution in [-0.2, 0) is 35.1 Å². The number of carbonyl (C=O) groups excluding carboxylic acids is 2. The average molecular weight is 575 g/mol. The molecule has 224 valence electrons. The van der Waals surface area contributed by atoms with Gasteiger partial charge in [0.1, 0.15) is 12.7 Å². The fourth-order valence-corrected chi connectivity index (χ4v) is 3.38. The highest BCUT2D eigenvalue weighted by Gasteiger charge is 2.38. The molecule has 0 saturated carbocycles. The van der Waals surface area contributed by atoms with Crippen molar-refractivity contribution in [1.29, 1.82) is 0 Å². The normalized spacial score (nSPS) is 12.3. The molecule has 10 nitrogen and oxygen atoms in total. The molecule has 0 spiro atoms. The molecule has 0 radical (unpaired) electrons. The number of aliphatic hydroxyl groups excluding tert-OH is 1. The summed E-state index contributed by atoms with van der Waals surface area (Å²) in [6.45, 7) is 2.24. The molecule has 2 aromatic rings. The lowest BCUT2D eigenvalue weighted by atomic mass is 10.1. The van der Waals surface area contributed by atoms with Gasteiger partial charge in [0.15, 0.2) is 0 Å². The van der Waals surface area contributed by atoms with E-state index in [4.69, 9.17) is 23.7 Å². The van der Waals surface area contributed by atoms with E-state index >= 15 is 0 Å². The van der Waals surface area contributed by atoms with Crippen LogP contribution in [0.25, 0.3) is 10.8 Å². The molecule has 0 aliphatic heterocycles. The van der Waals surface area contributed by atoms with Gasteiger partial charge >= 0.3 is 18.2 Å². The molecule has 0 saturated heterocycles. The molecule has 2 amide bonds. The lowest BCUT2D eigenvalue weighted by Gasteiger charge is -2.13. The van der Waals surface area contributed by atoms with E-state index in [-0.39, 0.29) is 39.4 Å². The number of aliphatic hydroxyl groups is 1. The minimum atomic E-state index is -4.88. The quantitative estimate of drug-likeness (QED) is 0.206. The maximum Gasteiger partial charge on any atom is 0.471 e. The van der Waals surface area contributed by atoms with Crippen LogP contribution in [0.3, 0.4) is 0 Å². The number of hydrogen-bond donors (Lipinski definition) is 3. The molecule has 0 fully saturated rings.